The lowest BCUT2D eigenvalue weighted by Crippen LogP contribution is -2.41. The molecule has 0 aliphatic heterocycles. The molecule has 0 heterocycles. The second-order valence-corrected chi connectivity index (χ2v) is 5.41. The fraction of sp³-hybridized carbons (Fsp3) is 0.467. The molecular weight excluding hydrogens is 276 g/mol. The molecule has 1 aliphatic rings. The van der Waals surface area contributed by atoms with E-state index in [1.165, 1.54) is 18.9 Å². The molecule has 1 saturated carbocycles. The van der Waals surface area contributed by atoms with Crippen LogP contribution < -0.4 is 10.1 Å². The lowest BCUT2D eigenvalue weighted by atomic mass is 10.2. The molecule has 1 fully saturated rings. The van der Waals surface area contributed by atoms with Crippen LogP contribution in [0.25, 0.3) is 0 Å². The number of hydrogen-bond acceptors (Lipinski definition) is 3. The zero-order valence-electron chi connectivity index (χ0n) is 11.4. The molecule has 0 bridgehead atoms. The van der Waals surface area contributed by atoms with E-state index in [0.29, 0.717) is 16.3 Å². The van der Waals surface area contributed by atoms with Gasteiger partial charge in [-0.05, 0) is 38.0 Å². The van der Waals surface area contributed by atoms with Crippen molar-refractivity contribution in [3.63, 3.8) is 0 Å². The number of amides is 1. The summed E-state index contributed by atoms with van der Waals surface area (Å²) < 4.78 is 5.56. The van der Waals surface area contributed by atoms with E-state index in [1.807, 2.05) is 6.07 Å². The highest BCUT2D eigenvalue weighted by atomic mass is 35.5. The van der Waals surface area contributed by atoms with Crippen LogP contribution in [0.15, 0.2) is 18.2 Å². The summed E-state index contributed by atoms with van der Waals surface area (Å²) in [5.41, 5.74) is 0.463. The summed E-state index contributed by atoms with van der Waals surface area (Å²) in [6.07, 6.45) is 3.80. The molecule has 0 radical (unpaired) electrons. The average Bonchev–Trinajstić information content (AvgIpc) is 2.93. The van der Waals surface area contributed by atoms with Gasteiger partial charge in [0.05, 0.1) is 16.7 Å². The molecule has 1 aliphatic carbocycles. The number of hydrogen-bond donors (Lipinski definition) is 1. The van der Waals surface area contributed by atoms with Crippen LogP contribution in [0.1, 0.15) is 38.2 Å². The highest BCUT2D eigenvalue weighted by Crippen LogP contribution is 2.26. The maximum atomic E-state index is 12.0. The summed E-state index contributed by atoms with van der Waals surface area (Å²) in [5, 5.41) is 12.1. The van der Waals surface area contributed by atoms with E-state index in [-0.39, 0.29) is 11.9 Å². The first kappa shape index (κ1) is 14.7. The molecule has 1 amide bonds. The highest BCUT2D eigenvalue weighted by Gasteiger charge is 2.22. The monoisotopic (exact) mass is 292 g/mol. The molecule has 0 spiro atoms. The average molecular weight is 293 g/mol. The second kappa shape index (κ2) is 6.62. The standard InChI is InChI=1S/C15H17ClN2O2/c1-10(15(19)18-12-4-2-3-5-12)20-14-7-6-11(9-17)8-13(14)16/h6-8,10,12H,2-5H2,1H3,(H,18,19)/t10-/m0/s1. The molecule has 0 saturated heterocycles. The number of carbonyl (C=O) groups is 1. The summed E-state index contributed by atoms with van der Waals surface area (Å²) >= 11 is 6.02. The molecular formula is C15H17ClN2O2. The normalized spacial score (nSPS) is 16.4. The number of nitriles is 1. The van der Waals surface area contributed by atoms with Gasteiger partial charge in [0.25, 0.3) is 5.91 Å². The first-order chi connectivity index (χ1) is 9.60. The molecule has 1 N–H and O–H groups in total. The van der Waals surface area contributed by atoms with Gasteiger partial charge in [0, 0.05) is 6.04 Å². The number of nitrogens with zero attached hydrogens (tertiary/aromatic N) is 1. The Morgan fingerprint density at radius 3 is 2.80 bits per heavy atom. The number of benzene rings is 1. The van der Waals surface area contributed by atoms with Gasteiger partial charge in [-0.2, -0.15) is 5.26 Å². The van der Waals surface area contributed by atoms with Crippen LogP contribution in [-0.2, 0) is 4.79 Å². The maximum absolute atomic E-state index is 12.0. The topological polar surface area (TPSA) is 62.1 Å². The van der Waals surface area contributed by atoms with Gasteiger partial charge >= 0.3 is 0 Å². The predicted molar refractivity (Wildman–Crippen MR) is 76.7 cm³/mol. The van der Waals surface area contributed by atoms with Crippen molar-refractivity contribution in [2.24, 2.45) is 0 Å². The Balaban J connectivity index is 1.94. The summed E-state index contributed by atoms with van der Waals surface area (Å²) in [4.78, 5) is 12.0. The fourth-order valence-electron chi connectivity index (χ4n) is 2.30. The Hall–Kier alpha value is -1.73. The van der Waals surface area contributed by atoms with Crippen molar-refractivity contribution < 1.29 is 9.53 Å². The number of ether oxygens (including phenoxy) is 1. The first-order valence-corrected chi connectivity index (χ1v) is 7.14. The van der Waals surface area contributed by atoms with Crippen LogP contribution in [0.3, 0.4) is 0 Å². The zero-order chi connectivity index (χ0) is 14.5. The largest absolute Gasteiger partial charge is 0.479 e. The number of rotatable bonds is 4. The summed E-state index contributed by atoms with van der Waals surface area (Å²) in [7, 11) is 0. The lowest BCUT2D eigenvalue weighted by molar-refractivity contribution is -0.127. The van der Waals surface area contributed by atoms with Gasteiger partial charge in [0.1, 0.15) is 5.75 Å². The van der Waals surface area contributed by atoms with E-state index in [2.05, 4.69) is 5.32 Å². The molecule has 20 heavy (non-hydrogen) atoms. The van der Waals surface area contributed by atoms with Gasteiger partial charge in [-0.25, -0.2) is 0 Å². The van der Waals surface area contributed by atoms with Gasteiger partial charge in [-0.15, -0.1) is 0 Å². The van der Waals surface area contributed by atoms with Gasteiger partial charge in [-0.3, -0.25) is 4.79 Å². The van der Waals surface area contributed by atoms with Crippen molar-refractivity contribution in [1.29, 1.82) is 5.26 Å². The number of halogens is 1. The van der Waals surface area contributed by atoms with E-state index in [1.54, 1.807) is 19.1 Å². The van der Waals surface area contributed by atoms with Crippen LogP contribution in [-0.4, -0.2) is 18.1 Å². The van der Waals surface area contributed by atoms with E-state index in [4.69, 9.17) is 21.6 Å². The maximum Gasteiger partial charge on any atom is 0.260 e. The van der Waals surface area contributed by atoms with Gasteiger partial charge < -0.3 is 10.1 Å². The SMILES string of the molecule is C[C@H](Oc1ccc(C#N)cc1Cl)C(=O)NC1CCCC1. The molecule has 5 heteroatoms. The molecule has 0 aromatic heterocycles. The molecule has 106 valence electrons. The molecule has 4 nitrogen and oxygen atoms in total. The minimum atomic E-state index is -0.610. The van der Waals surface area contributed by atoms with E-state index >= 15 is 0 Å². The molecule has 2 rings (SSSR count). The Bertz CT molecular complexity index is 533. The quantitative estimate of drug-likeness (QED) is 0.928. The van der Waals surface area contributed by atoms with Gasteiger partial charge in [-0.1, -0.05) is 24.4 Å². The third kappa shape index (κ3) is 3.64. The van der Waals surface area contributed by atoms with Crippen LogP contribution in [0.4, 0.5) is 0 Å². The Labute approximate surface area is 123 Å². The summed E-state index contributed by atoms with van der Waals surface area (Å²) in [6, 6.07) is 7.02. The van der Waals surface area contributed by atoms with Crippen LogP contribution in [0, 0.1) is 11.3 Å². The van der Waals surface area contributed by atoms with Crippen LogP contribution >= 0.6 is 11.6 Å². The Kier molecular flexibility index (Phi) is 4.86. The summed E-state index contributed by atoms with van der Waals surface area (Å²) in [6.45, 7) is 1.69. The Morgan fingerprint density at radius 2 is 2.20 bits per heavy atom. The summed E-state index contributed by atoms with van der Waals surface area (Å²) in [5.74, 6) is 0.289. The molecule has 0 unspecified atom stereocenters. The first-order valence-electron chi connectivity index (χ1n) is 6.77. The van der Waals surface area contributed by atoms with Crippen molar-refractivity contribution in [1.82, 2.24) is 5.32 Å². The van der Waals surface area contributed by atoms with Crippen molar-refractivity contribution in [3.05, 3.63) is 28.8 Å². The highest BCUT2D eigenvalue weighted by molar-refractivity contribution is 6.32. The minimum Gasteiger partial charge on any atom is -0.479 e. The fourth-order valence-corrected chi connectivity index (χ4v) is 2.52. The number of carbonyl (C=O) groups excluding carboxylic acids is 1. The Morgan fingerprint density at radius 1 is 1.50 bits per heavy atom. The van der Waals surface area contributed by atoms with Gasteiger partial charge in [0.2, 0.25) is 0 Å². The second-order valence-electron chi connectivity index (χ2n) is 5.01. The molecule has 1 aromatic rings. The van der Waals surface area contributed by atoms with Crippen molar-refractivity contribution in [2.45, 2.75) is 44.8 Å². The van der Waals surface area contributed by atoms with Crippen molar-refractivity contribution in [3.8, 4) is 11.8 Å². The number of nitrogens with one attached hydrogen (secondary N) is 1. The van der Waals surface area contributed by atoms with E-state index in [0.717, 1.165) is 12.8 Å². The van der Waals surface area contributed by atoms with Crippen molar-refractivity contribution >= 4 is 17.5 Å². The van der Waals surface area contributed by atoms with Crippen LogP contribution in [0.5, 0.6) is 5.75 Å². The minimum absolute atomic E-state index is 0.127. The van der Waals surface area contributed by atoms with Crippen LogP contribution in [0.2, 0.25) is 5.02 Å². The van der Waals surface area contributed by atoms with Gasteiger partial charge in [0.15, 0.2) is 6.10 Å². The third-order valence-corrected chi connectivity index (χ3v) is 3.73. The van der Waals surface area contributed by atoms with E-state index in [9.17, 15) is 4.79 Å². The molecule has 1 aromatic carbocycles. The van der Waals surface area contributed by atoms with Crippen molar-refractivity contribution in [2.75, 3.05) is 0 Å². The van der Waals surface area contributed by atoms with E-state index < -0.39 is 6.10 Å². The smallest absolute Gasteiger partial charge is 0.260 e. The zero-order valence-corrected chi connectivity index (χ0v) is 12.1. The predicted octanol–water partition coefficient (Wildman–Crippen LogP) is 3.04. The third-order valence-electron chi connectivity index (χ3n) is 3.44. The molecule has 1 atom stereocenters. The lowest BCUT2D eigenvalue weighted by Gasteiger charge is -2.18.